The molecule has 1 saturated heterocycles. The predicted octanol–water partition coefficient (Wildman–Crippen LogP) is 3.96. The number of likely N-dealkylation sites (tertiary alicyclic amines) is 1. The molecule has 0 spiro atoms. The maximum absolute atomic E-state index is 13.3. The number of piperidine rings is 1. The molecule has 1 fully saturated rings. The molecule has 0 aliphatic carbocycles. The molecular weight excluding hydrogens is 444 g/mol. The van der Waals surface area contributed by atoms with E-state index in [-0.39, 0.29) is 22.7 Å². The van der Waals surface area contributed by atoms with Crippen molar-refractivity contribution in [2.24, 2.45) is 5.92 Å². The monoisotopic (exact) mass is 470 g/mol. The molecule has 2 aromatic carbocycles. The van der Waals surface area contributed by atoms with Crippen molar-refractivity contribution in [1.82, 2.24) is 9.47 Å². The number of phenolic OH excluding ortho intramolecular Hbond substituents is 1. The van der Waals surface area contributed by atoms with Crippen molar-refractivity contribution in [2.45, 2.75) is 25.4 Å². The number of benzene rings is 2. The van der Waals surface area contributed by atoms with E-state index in [2.05, 4.69) is 4.90 Å². The summed E-state index contributed by atoms with van der Waals surface area (Å²) in [4.78, 5) is 28.0. The third-order valence-electron chi connectivity index (χ3n) is 7.36. The number of aromatic hydroxyl groups is 1. The number of pyridine rings is 1. The molecule has 0 amide bonds. The number of aromatic nitrogens is 1. The van der Waals surface area contributed by atoms with Crippen LogP contribution in [0.4, 0.5) is 0 Å². The molecule has 0 unspecified atom stereocenters. The van der Waals surface area contributed by atoms with E-state index in [9.17, 15) is 14.7 Å². The summed E-state index contributed by atoms with van der Waals surface area (Å²) in [5.74, 6) is 1.46. The standard InChI is InChI=1S/C28H26N2O5/c1-34-20-7-5-18(6-8-20)23-16-35-28-21(27(23)33)9-10-25(31)22(28)15-29-12-17-11-19(14-29)24-3-2-4-26(32)30(24)13-17/h2-10,16-17,19,31H,11-15H2,1H3/t17-,19+/m1/s1. The predicted molar refractivity (Wildman–Crippen MR) is 133 cm³/mol. The maximum Gasteiger partial charge on any atom is 0.250 e. The largest absolute Gasteiger partial charge is 0.507 e. The van der Waals surface area contributed by atoms with Gasteiger partial charge >= 0.3 is 0 Å². The van der Waals surface area contributed by atoms with Crippen molar-refractivity contribution >= 4 is 11.0 Å². The Morgan fingerprint density at radius 2 is 1.86 bits per heavy atom. The number of fused-ring (bicyclic) bond motifs is 5. The number of hydrogen-bond acceptors (Lipinski definition) is 6. The molecule has 0 saturated carbocycles. The van der Waals surface area contributed by atoms with Crippen molar-refractivity contribution in [2.75, 3.05) is 20.2 Å². The van der Waals surface area contributed by atoms with Crippen LogP contribution in [-0.4, -0.2) is 34.8 Å². The van der Waals surface area contributed by atoms with Crippen molar-refractivity contribution in [1.29, 1.82) is 0 Å². The van der Waals surface area contributed by atoms with Gasteiger partial charge in [0.25, 0.3) is 5.56 Å². The fraction of sp³-hybridized carbons (Fsp3) is 0.286. The van der Waals surface area contributed by atoms with Crippen LogP contribution in [0.3, 0.4) is 0 Å². The molecule has 2 bridgehead atoms. The van der Waals surface area contributed by atoms with Gasteiger partial charge in [0.2, 0.25) is 5.43 Å². The highest BCUT2D eigenvalue weighted by Crippen LogP contribution is 2.37. The first-order chi connectivity index (χ1) is 17.0. The van der Waals surface area contributed by atoms with Crippen LogP contribution in [0.25, 0.3) is 22.1 Å². The maximum atomic E-state index is 13.3. The van der Waals surface area contributed by atoms with Gasteiger partial charge in [-0.2, -0.15) is 0 Å². The molecule has 2 aromatic heterocycles. The summed E-state index contributed by atoms with van der Waals surface area (Å²) in [6.07, 6.45) is 2.53. The first-order valence-corrected chi connectivity index (χ1v) is 11.8. The highest BCUT2D eigenvalue weighted by Gasteiger charge is 2.35. The van der Waals surface area contributed by atoms with Crippen molar-refractivity contribution in [3.8, 4) is 22.6 Å². The lowest BCUT2D eigenvalue weighted by atomic mass is 9.83. The summed E-state index contributed by atoms with van der Waals surface area (Å²) >= 11 is 0. The fourth-order valence-corrected chi connectivity index (χ4v) is 5.72. The molecule has 0 radical (unpaired) electrons. The van der Waals surface area contributed by atoms with Gasteiger partial charge in [-0.25, -0.2) is 0 Å². The molecule has 2 aliphatic rings. The SMILES string of the molecule is COc1ccc(-c2coc3c(CN4C[C@H]5C[C@@H](C4)c4cccc(=O)n4C5)c(O)ccc3c2=O)cc1. The fourth-order valence-electron chi connectivity index (χ4n) is 5.72. The molecule has 2 atom stereocenters. The smallest absolute Gasteiger partial charge is 0.250 e. The molecule has 4 aromatic rings. The lowest BCUT2D eigenvalue weighted by Crippen LogP contribution is -2.46. The second-order valence-corrected chi connectivity index (χ2v) is 9.54. The zero-order valence-corrected chi connectivity index (χ0v) is 19.4. The third-order valence-corrected chi connectivity index (χ3v) is 7.36. The normalized spacial score (nSPS) is 19.5. The van der Waals surface area contributed by atoms with E-state index in [1.165, 1.54) is 6.26 Å². The van der Waals surface area contributed by atoms with Crippen LogP contribution < -0.4 is 15.7 Å². The van der Waals surface area contributed by atoms with Gasteiger partial charge in [0.15, 0.2) is 0 Å². The van der Waals surface area contributed by atoms with Gasteiger partial charge in [0.05, 0.1) is 23.6 Å². The van der Waals surface area contributed by atoms with Crippen LogP contribution in [0.1, 0.15) is 23.6 Å². The first-order valence-electron chi connectivity index (χ1n) is 11.8. The zero-order chi connectivity index (χ0) is 24.1. The van der Waals surface area contributed by atoms with E-state index in [4.69, 9.17) is 9.15 Å². The Morgan fingerprint density at radius 3 is 2.66 bits per heavy atom. The molecule has 7 nitrogen and oxygen atoms in total. The summed E-state index contributed by atoms with van der Waals surface area (Å²) in [7, 11) is 1.60. The Labute approximate surface area is 201 Å². The number of ether oxygens (including phenoxy) is 1. The van der Waals surface area contributed by atoms with Crippen molar-refractivity contribution in [3.05, 3.63) is 92.7 Å². The average molecular weight is 471 g/mol. The molecule has 7 heteroatoms. The van der Waals surface area contributed by atoms with Crippen LogP contribution in [0.15, 0.2) is 74.9 Å². The zero-order valence-electron chi connectivity index (χ0n) is 19.4. The minimum atomic E-state index is -0.138. The van der Waals surface area contributed by atoms with E-state index >= 15 is 0 Å². The van der Waals surface area contributed by atoms with Gasteiger partial charge in [-0.1, -0.05) is 18.2 Å². The number of rotatable bonds is 4. The molecule has 4 heterocycles. The Morgan fingerprint density at radius 1 is 1.03 bits per heavy atom. The molecule has 35 heavy (non-hydrogen) atoms. The number of nitrogens with zero attached hydrogens (tertiary/aromatic N) is 2. The van der Waals surface area contributed by atoms with Crippen LogP contribution >= 0.6 is 0 Å². The highest BCUT2D eigenvalue weighted by atomic mass is 16.5. The highest BCUT2D eigenvalue weighted by molar-refractivity contribution is 5.85. The Kier molecular flexibility index (Phi) is 5.22. The Hall–Kier alpha value is -3.84. The second kappa shape index (κ2) is 8.43. The summed E-state index contributed by atoms with van der Waals surface area (Å²) in [5, 5.41) is 11.2. The summed E-state index contributed by atoms with van der Waals surface area (Å²) < 4.78 is 13.1. The van der Waals surface area contributed by atoms with E-state index in [0.717, 1.165) is 30.8 Å². The van der Waals surface area contributed by atoms with Gasteiger partial charge in [0.1, 0.15) is 23.3 Å². The molecule has 1 N–H and O–H groups in total. The van der Waals surface area contributed by atoms with Crippen LogP contribution in [0.5, 0.6) is 11.5 Å². The van der Waals surface area contributed by atoms with Crippen LogP contribution in [-0.2, 0) is 13.1 Å². The van der Waals surface area contributed by atoms with Gasteiger partial charge in [-0.05, 0) is 48.2 Å². The van der Waals surface area contributed by atoms with Gasteiger partial charge < -0.3 is 18.8 Å². The third kappa shape index (κ3) is 3.72. The Bertz CT molecular complexity index is 1540. The average Bonchev–Trinajstić information content (AvgIpc) is 2.87. The van der Waals surface area contributed by atoms with E-state index in [1.54, 1.807) is 37.4 Å². The molecule has 6 rings (SSSR count). The van der Waals surface area contributed by atoms with Gasteiger partial charge in [0, 0.05) is 43.9 Å². The first kappa shape index (κ1) is 21.7. The molecule has 178 valence electrons. The van der Waals surface area contributed by atoms with Gasteiger partial charge in [-0.15, -0.1) is 0 Å². The van der Waals surface area contributed by atoms with Crippen molar-refractivity contribution in [3.63, 3.8) is 0 Å². The lowest BCUT2D eigenvalue weighted by molar-refractivity contribution is 0.113. The quantitative estimate of drug-likeness (QED) is 0.486. The topological polar surface area (TPSA) is 84.9 Å². The molecular formula is C28H26N2O5. The van der Waals surface area contributed by atoms with Gasteiger partial charge in [-0.3, -0.25) is 14.5 Å². The summed E-state index contributed by atoms with van der Waals surface area (Å²) in [5.41, 5.74) is 3.25. The van der Waals surface area contributed by atoms with E-state index < -0.39 is 0 Å². The number of hydrogen-bond donors (Lipinski definition) is 1. The summed E-state index contributed by atoms with van der Waals surface area (Å²) in [6.45, 7) is 2.78. The Balaban J connectivity index is 1.34. The van der Waals surface area contributed by atoms with E-state index in [1.807, 2.05) is 28.8 Å². The van der Waals surface area contributed by atoms with Crippen LogP contribution in [0, 0.1) is 5.92 Å². The minimum absolute atomic E-state index is 0.0618. The molecule has 2 aliphatic heterocycles. The summed E-state index contributed by atoms with van der Waals surface area (Å²) in [6, 6.07) is 16.0. The van der Waals surface area contributed by atoms with Crippen molar-refractivity contribution < 1.29 is 14.3 Å². The lowest BCUT2D eigenvalue weighted by Gasteiger charge is -2.42. The minimum Gasteiger partial charge on any atom is -0.507 e. The number of phenols is 1. The van der Waals surface area contributed by atoms with Crippen LogP contribution in [0.2, 0.25) is 0 Å². The number of methoxy groups -OCH3 is 1. The van der Waals surface area contributed by atoms with E-state index in [0.29, 0.717) is 46.9 Å². The second-order valence-electron chi connectivity index (χ2n) is 9.54.